The minimum absolute atomic E-state index is 0.0512. The van der Waals surface area contributed by atoms with Crippen LogP contribution in [0, 0.1) is 0 Å². The van der Waals surface area contributed by atoms with Crippen LogP contribution < -0.4 is 10.4 Å². The summed E-state index contributed by atoms with van der Waals surface area (Å²) >= 11 is 0. The fourth-order valence-corrected chi connectivity index (χ4v) is 5.09. The lowest BCUT2D eigenvalue weighted by molar-refractivity contribution is 0.106. The second-order valence-corrected chi connectivity index (χ2v) is 9.67. The van der Waals surface area contributed by atoms with Crippen molar-refractivity contribution in [1.82, 2.24) is 24.2 Å². The third-order valence-electron chi connectivity index (χ3n) is 7.03. The van der Waals surface area contributed by atoms with Crippen molar-refractivity contribution in [2.45, 2.75) is 37.8 Å². The molecule has 0 spiro atoms. The van der Waals surface area contributed by atoms with Crippen molar-refractivity contribution in [3.8, 4) is 16.9 Å². The highest BCUT2D eigenvalue weighted by Gasteiger charge is 2.30. The molecule has 184 valence electrons. The molecular formula is C27H33N5O3. The zero-order valence-electron chi connectivity index (χ0n) is 20.9. The average Bonchev–Trinajstić information content (AvgIpc) is 3.44. The number of imidazole rings is 1. The molecule has 2 aromatic heterocycles. The molecule has 8 heteroatoms. The summed E-state index contributed by atoms with van der Waals surface area (Å²) in [7, 11) is 7.64. The van der Waals surface area contributed by atoms with Gasteiger partial charge >= 0.3 is 5.69 Å². The Labute approximate surface area is 205 Å². The molecule has 5 rings (SSSR count). The van der Waals surface area contributed by atoms with Gasteiger partial charge in [0.25, 0.3) is 0 Å². The van der Waals surface area contributed by atoms with E-state index in [1.54, 1.807) is 18.7 Å². The lowest BCUT2D eigenvalue weighted by Gasteiger charge is -2.14. The molecule has 0 saturated heterocycles. The number of hydrogen-bond donors (Lipinski definition) is 0. The number of fused-ring (bicyclic) bond motifs is 3. The molecule has 4 aromatic rings. The van der Waals surface area contributed by atoms with Gasteiger partial charge in [-0.25, -0.2) is 4.79 Å². The van der Waals surface area contributed by atoms with E-state index in [-0.39, 0.29) is 17.8 Å². The molecule has 0 amide bonds. The van der Waals surface area contributed by atoms with E-state index in [1.807, 2.05) is 22.8 Å². The molecule has 0 radical (unpaired) electrons. The number of nitrogens with zero attached hydrogens (tertiary/aromatic N) is 5. The molecule has 1 saturated carbocycles. The highest BCUT2D eigenvalue weighted by Crippen LogP contribution is 2.35. The summed E-state index contributed by atoms with van der Waals surface area (Å²) in [6, 6.07) is 14.4. The van der Waals surface area contributed by atoms with Crippen molar-refractivity contribution in [3.05, 3.63) is 52.9 Å². The van der Waals surface area contributed by atoms with E-state index in [0.717, 1.165) is 65.5 Å². The molecule has 0 bridgehead atoms. The first-order chi connectivity index (χ1) is 17.0. The van der Waals surface area contributed by atoms with Crippen LogP contribution in [-0.4, -0.2) is 64.7 Å². The highest BCUT2D eigenvalue weighted by molar-refractivity contribution is 6.02. The predicted octanol–water partition coefficient (Wildman–Crippen LogP) is 4.02. The molecule has 8 nitrogen and oxygen atoms in total. The molecule has 1 fully saturated rings. The fourth-order valence-electron chi connectivity index (χ4n) is 5.09. The summed E-state index contributed by atoms with van der Waals surface area (Å²) < 4.78 is 15.0. The summed E-state index contributed by atoms with van der Waals surface area (Å²) in [5.74, 6) is 0.868. The second kappa shape index (κ2) is 9.79. The van der Waals surface area contributed by atoms with Crippen LogP contribution in [0.1, 0.15) is 31.7 Å². The van der Waals surface area contributed by atoms with Gasteiger partial charge in [-0.2, -0.15) is 0 Å². The molecule has 1 aliphatic carbocycles. The Morgan fingerprint density at radius 3 is 2.54 bits per heavy atom. The van der Waals surface area contributed by atoms with Crippen LogP contribution in [0.4, 0.5) is 0 Å². The number of hydrogen-bond acceptors (Lipinski definition) is 6. The lowest BCUT2D eigenvalue weighted by atomic mass is 10.0. The Morgan fingerprint density at radius 1 is 1.06 bits per heavy atom. The third kappa shape index (κ3) is 4.56. The van der Waals surface area contributed by atoms with Gasteiger partial charge in [0.05, 0.1) is 18.2 Å². The van der Waals surface area contributed by atoms with Gasteiger partial charge in [0.2, 0.25) is 0 Å². The maximum atomic E-state index is 13.3. The van der Waals surface area contributed by atoms with Crippen LogP contribution in [0.5, 0.6) is 5.75 Å². The molecule has 1 aliphatic rings. The standard InChI is InChI=1S/C27H33N5O3/c1-30(2)14-5-15-35-21-10-6-18(7-11-21)19-8-13-24-23(16-19)25-26(29-28-24)31(3)27(33)32(25)20-9-12-22(17-20)34-4/h6-8,10-11,13,16,20,22H,5,9,12,14-15,17H2,1-4H3/t20-,22-/m0/s1. The van der Waals surface area contributed by atoms with E-state index in [4.69, 9.17) is 9.47 Å². The number of methoxy groups -OCH3 is 1. The number of ether oxygens (including phenoxy) is 2. The number of aromatic nitrogens is 4. The Hall–Kier alpha value is -3.23. The van der Waals surface area contributed by atoms with Crippen molar-refractivity contribution in [2.75, 3.05) is 34.4 Å². The Kier molecular flexibility index (Phi) is 6.58. The zero-order chi connectivity index (χ0) is 24.5. The molecule has 0 unspecified atom stereocenters. The summed E-state index contributed by atoms with van der Waals surface area (Å²) in [5.41, 5.74) is 4.35. The molecule has 0 N–H and O–H groups in total. The van der Waals surface area contributed by atoms with Crippen LogP contribution in [0.2, 0.25) is 0 Å². The summed E-state index contributed by atoms with van der Waals surface area (Å²) in [6.45, 7) is 1.70. The molecular weight excluding hydrogens is 442 g/mol. The fraction of sp³-hybridized carbons (Fsp3) is 0.444. The van der Waals surface area contributed by atoms with Crippen molar-refractivity contribution in [3.63, 3.8) is 0 Å². The van der Waals surface area contributed by atoms with E-state index in [9.17, 15) is 4.79 Å². The summed E-state index contributed by atoms with van der Waals surface area (Å²) in [6.07, 6.45) is 3.87. The first-order valence-electron chi connectivity index (χ1n) is 12.2. The van der Waals surface area contributed by atoms with Gasteiger partial charge in [-0.15, -0.1) is 10.2 Å². The van der Waals surface area contributed by atoms with Gasteiger partial charge in [-0.1, -0.05) is 18.2 Å². The van der Waals surface area contributed by atoms with Gasteiger partial charge in [0, 0.05) is 32.1 Å². The molecule has 35 heavy (non-hydrogen) atoms. The van der Waals surface area contributed by atoms with Crippen LogP contribution in [0.3, 0.4) is 0 Å². The first kappa shape index (κ1) is 23.5. The Bertz CT molecular complexity index is 1390. The molecule has 2 heterocycles. The third-order valence-corrected chi connectivity index (χ3v) is 7.03. The van der Waals surface area contributed by atoms with Crippen molar-refractivity contribution < 1.29 is 9.47 Å². The minimum atomic E-state index is -0.0512. The topological polar surface area (TPSA) is 74.4 Å². The second-order valence-electron chi connectivity index (χ2n) is 9.67. The first-order valence-corrected chi connectivity index (χ1v) is 12.2. The van der Waals surface area contributed by atoms with Gasteiger partial charge in [-0.3, -0.25) is 9.13 Å². The van der Waals surface area contributed by atoms with Crippen molar-refractivity contribution in [1.29, 1.82) is 0 Å². The van der Waals surface area contributed by atoms with Crippen LogP contribution in [0.15, 0.2) is 47.3 Å². The van der Waals surface area contributed by atoms with Gasteiger partial charge in [0.15, 0.2) is 5.65 Å². The van der Waals surface area contributed by atoms with Crippen LogP contribution in [-0.2, 0) is 11.8 Å². The monoisotopic (exact) mass is 475 g/mol. The van der Waals surface area contributed by atoms with Crippen LogP contribution in [0.25, 0.3) is 33.2 Å². The molecule has 2 atom stereocenters. The average molecular weight is 476 g/mol. The van der Waals surface area contributed by atoms with Gasteiger partial charge < -0.3 is 14.4 Å². The van der Waals surface area contributed by atoms with E-state index < -0.39 is 0 Å². The quantitative estimate of drug-likeness (QED) is 0.359. The SMILES string of the molecule is CO[C@H]1CC[C@H](n2c(=O)n(C)c3nnc4ccc(-c5ccc(OCCCN(C)C)cc5)cc4c32)C1. The highest BCUT2D eigenvalue weighted by atomic mass is 16.5. The normalized spacial score (nSPS) is 18.2. The number of rotatable bonds is 8. The minimum Gasteiger partial charge on any atom is -0.494 e. The summed E-state index contributed by atoms with van der Waals surface area (Å²) in [4.78, 5) is 15.4. The Balaban J connectivity index is 1.50. The predicted molar refractivity (Wildman–Crippen MR) is 138 cm³/mol. The van der Waals surface area contributed by atoms with E-state index in [1.165, 1.54) is 0 Å². The maximum Gasteiger partial charge on any atom is 0.330 e. The molecule has 0 aliphatic heterocycles. The molecule has 2 aromatic carbocycles. The number of aryl methyl sites for hydroxylation is 1. The number of benzene rings is 2. The van der Waals surface area contributed by atoms with Crippen molar-refractivity contribution in [2.24, 2.45) is 7.05 Å². The Morgan fingerprint density at radius 2 is 1.83 bits per heavy atom. The van der Waals surface area contributed by atoms with E-state index in [0.29, 0.717) is 12.3 Å². The lowest BCUT2D eigenvalue weighted by Crippen LogP contribution is -2.25. The van der Waals surface area contributed by atoms with E-state index >= 15 is 0 Å². The summed E-state index contributed by atoms with van der Waals surface area (Å²) in [5, 5.41) is 9.76. The zero-order valence-corrected chi connectivity index (χ0v) is 20.9. The van der Waals surface area contributed by atoms with Gasteiger partial charge in [-0.05, 0) is 75.2 Å². The van der Waals surface area contributed by atoms with Crippen LogP contribution >= 0.6 is 0 Å². The van der Waals surface area contributed by atoms with E-state index in [2.05, 4.69) is 53.5 Å². The van der Waals surface area contributed by atoms with Gasteiger partial charge in [0.1, 0.15) is 11.3 Å². The maximum absolute atomic E-state index is 13.3. The smallest absolute Gasteiger partial charge is 0.330 e. The largest absolute Gasteiger partial charge is 0.494 e. The van der Waals surface area contributed by atoms with Crippen molar-refractivity contribution >= 4 is 22.1 Å².